The van der Waals surface area contributed by atoms with Crippen LogP contribution >= 0.6 is 12.2 Å². The molecule has 0 spiro atoms. The molecule has 4 N–H and O–H groups in total. The number of nitrogens with zero attached hydrogens (tertiary/aromatic N) is 6. The zero-order chi connectivity index (χ0) is 51.6. The number of aromatic nitrogens is 4. The van der Waals surface area contributed by atoms with Gasteiger partial charge in [0, 0.05) is 102 Å². The molecule has 0 radical (unpaired) electrons. The molecular formula is C58H84N10O5S. The van der Waals surface area contributed by atoms with Crippen LogP contribution in [0.2, 0.25) is 0 Å². The van der Waals surface area contributed by atoms with Crippen molar-refractivity contribution in [2.24, 2.45) is 11.8 Å². The van der Waals surface area contributed by atoms with Crippen molar-refractivity contribution < 1.29 is 23.9 Å². The van der Waals surface area contributed by atoms with Gasteiger partial charge >= 0.3 is 6.03 Å². The van der Waals surface area contributed by atoms with Crippen LogP contribution in [0.15, 0.2) is 85.7 Å². The summed E-state index contributed by atoms with van der Waals surface area (Å²) in [5, 5.41) is 10.1. The highest BCUT2D eigenvalue weighted by Crippen LogP contribution is 2.44. The molecule has 4 heterocycles. The molecule has 402 valence electrons. The molecule has 2 aromatic carbocycles. The molecule has 15 nitrogen and oxygen atoms in total. The Labute approximate surface area is 445 Å². The maximum Gasteiger partial charge on any atom is 0.337 e. The lowest BCUT2D eigenvalue weighted by atomic mass is 9.72. The first-order valence-corrected chi connectivity index (χ1v) is 28.6. The fourth-order valence-electron chi connectivity index (χ4n) is 12.5. The van der Waals surface area contributed by atoms with E-state index >= 15 is 14.4 Å². The topological polar surface area (TPSA) is 164 Å². The molecule has 2 atom stereocenters. The third-order valence-electron chi connectivity index (χ3n) is 16.5. The highest BCUT2D eigenvalue weighted by atomic mass is 32.1. The van der Waals surface area contributed by atoms with E-state index in [1.54, 1.807) is 30.1 Å². The average Bonchev–Trinajstić information content (AvgIpc) is 4.19. The lowest BCUT2D eigenvalue weighted by molar-refractivity contribution is -0.160. The van der Waals surface area contributed by atoms with Crippen LogP contribution in [-0.4, -0.2) is 138 Å². The largest absolute Gasteiger partial charge is 0.375 e. The van der Waals surface area contributed by atoms with E-state index in [0.717, 1.165) is 86.7 Å². The fraction of sp³-hybridized carbons (Fsp3) is 0.621. The molecule has 4 aliphatic rings. The van der Waals surface area contributed by atoms with Crippen molar-refractivity contribution in [2.45, 2.75) is 166 Å². The fourth-order valence-corrected chi connectivity index (χ4v) is 12.8. The number of hydrazine groups is 1. The van der Waals surface area contributed by atoms with Gasteiger partial charge in [0.25, 0.3) is 0 Å². The van der Waals surface area contributed by atoms with Gasteiger partial charge in [-0.1, -0.05) is 113 Å². The molecule has 4 fully saturated rings. The van der Waals surface area contributed by atoms with Crippen LogP contribution in [0, 0.1) is 11.8 Å². The number of benzene rings is 2. The van der Waals surface area contributed by atoms with Gasteiger partial charge in [0.15, 0.2) is 5.11 Å². The molecule has 4 amide bonds. The Morgan fingerprint density at radius 3 is 1.46 bits per heavy atom. The summed E-state index contributed by atoms with van der Waals surface area (Å²) >= 11 is 6.52. The number of likely N-dealkylation sites (tertiary alicyclic amines) is 2. The summed E-state index contributed by atoms with van der Waals surface area (Å²) in [6.45, 7) is 8.34. The predicted octanol–water partition coefficient (Wildman–Crippen LogP) is 8.98. The Morgan fingerprint density at radius 2 is 1.05 bits per heavy atom. The number of thiocarbonyl (C=S) groups is 1. The standard InChI is InChI=1S/C58H84N10O5S/c1-3-37-72-57(47-21-13-7-14-22-47)27-33-65(34-28-57)53(69)51(39-45-17-9-5-10-18-45)67(55(71)61-31-25-49-41-59-43-63-49)68(56(74)62-32-26-50-42-60-44-64-50)52(40-46-19-11-6-12-20-46)54(70)66-35-29-58(30-36-66,73-38-4-2)48-23-15-8-16-24-48/h5-6,9-12,17-20,41-44,47-48,51-52H,3-4,7-8,13-16,21-40H2,1-2H3,(H,59,63)(H,60,64)(H,61,71)(H,62,74)/t51-,52-/m1/s1. The smallest absolute Gasteiger partial charge is 0.337 e. The second kappa shape index (κ2) is 27.5. The minimum Gasteiger partial charge on any atom is -0.375 e. The second-order valence-electron chi connectivity index (χ2n) is 21.4. The maximum absolute atomic E-state index is 16.0. The minimum atomic E-state index is -1.09. The summed E-state index contributed by atoms with van der Waals surface area (Å²) in [6, 6.07) is 17.2. The summed E-state index contributed by atoms with van der Waals surface area (Å²) in [5.41, 5.74) is 2.97. The van der Waals surface area contributed by atoms with Crippen LogP contribution < -0.4 is 10.6 Å². The summed E-state index contributed by atoms with van der Waals surface area (Å²) < 4.78 is 13.7. The lowest BCUT2D eigenvalue weighted by Gasteiger charge is -2.50. The van der Waals surface area contributed by atoms with E-state index in [-0.39, 0.29) is 47.5 Å². The molecule has 74 heavy (non-hydrogen) atoms. The van der Waals surface area contributed by atoms with Gasteiger partial charge in [0.05, 0.1) is 23.9 Å². The average molecular weight is 1030 g/mol. The first-order chi connectivity index (χ1) is 36.2. The quantitative estimate of drug-likeness (QED) is 0.0442. The number of urea groups is 1. The Morgan fingerprint density at radius 1 is 0.635 bits per heavy atom. The zero-order valence-electron chi connectivity index (χ0n) is 44.3. The van der Waals surface area contributed by atoms with E-state index in [1.807, 2.05) is 70.5 Å². The first kappa shape index (κ1) is 54.9. The molecule has 16 heteroatoms. The van der Waals surface area contributed by atoms with E-state index < -0.39 is 18.1 Å². The van der Waals surface area contributed by atoms with Crippen LogP contribution in [0.5, 0.6) is 0 Å². The summed E-state index contributed by atoms with van der Waals surface area (Å²) in [6.07, 6.45) is 24.9. The van der Waals surface area contributed by atoms with Gasteiger partial charge in [-0.05, 0) is 99.4 Å². The van der Waals surface area contributed by atoms with Gasteiger partial charge in [0.1, 0.15) is 12.1 Å². The van der Waals surface area contributed by atoms with Gasteiger partial charge in [-0.2, -0.15) is 0 Å². The number of carbonyl (C=O) groups is 3. The van der Waals surface area contributed by atoms with Crippen molar-refractivity contribution >= 4 is 35.2 Å². The maximum atomic E-state index is 16.0. The van der Waals surface area contributed by atoms with E-state index in [9.17, 15) is 0 Å². The molecule has 2 saturated carbocycles. The summed E-state index contributed by atoms with van der Waals surface area (Å²) in [7, 11) is 0. The van der Waals surface area contributed by atoms with E-state index in [1.165, 1.54) is 43.5 Å². The Balaban J connectivity index is 1.19. The molecule has 0 bridgehead atoms. The number of piperidine rings is 2. The van der Waals surface area contributed by atoms with Gasteiger partial charge in [-0.3, -0.25) is 9.59 Å². The molecular weight excluding hydrogens is 949 g/mol. The van der Waals surface area contributed by atoms with E-state index in [4.69, 9.17) is 21.7 Å². The summed E-state index contributed by atoms with van der Waals surface area (Å²) in [4.78, 5) is 66.5. The van der Waals surface area contributed by atoms with Crippen LogP contribution in [0.1, 0.15) is 139 Å². The van der Waals surface area contributed by atoms with Crippen molar-refractivity contribution in [3.05, 3.63) is 108 Å². The summed E-state index contributed by atoms with van der Waals surface area (Å²) in [5.74, 6) is 0.562. The number of nitrogens with one attached hydrogen (secondary N) is 4. The monoisotopic (exact) mass is 1030 g/mol. The highest BCUT2D eigenvalue weighted by molar-refractivity contribution is 7.80. The number of aromatic amines is 2. The molecule has 2 aliphatic heterocycles. The molecule has 2 aromatic heterocycles. The van der Waals surface area contributed by atoms with E-state index in [0.29, 0.717) is 70.6 Å². The number of hydrogen-bond donors (Lipinski definition) is 4. The SMILES string of the molecule is CCCOC1(C2CCCCC2)CCN(C(=O)[C@@H](Cc2ccccc2)N(C(=O)NCCc2cnc[nH]2)N(C(=S)NCCc2cnc[nH]2)[C@H](Cc2ccccc2)C(=O)N2CCC(OCCC)(C3CCCCC3)CC2)CC1. The van der Waals surface area contributed by atoms with Crippen LogP contribution in [0.3, 0.4) is 0 Å². The first-order valence-electron chi connectivity index (χ1n) is 28.2. The number of ether oxygens (including phenoxy) is 2. The Hall–Kier alpha value is -5.32. The van der Waals surface area contributed by atoms with Gasteiger partial charge in [0.2, 0.25) is 11.8 Å². The van der Waals surface area contributed by atoms with Crippen molar-refractivity contribution in [1.82, 2.24) is 50.4 Å². The molecule has 4 aromatic rings. The van der Waals surface area contributed by atoms with Crippen molar-refractivity contribution in [3.8, 4) is 0 Å². The second-order valence-corrected chi connectivity index (χ2v) is 21.8. The van der Waals surface area contributed by atoms with Gasteiger partial charge in [-0.25, -0.2) is 24.8 Å². The third kappa shape index (κ3) is 14.1. The number of H-pyrrole nitrogens is 2. The normalized spacial score (nSPS) is 19.1. The number of carbonyl (C=O) groups excluding carboxylic acids is 3. The molecule has 8 rings (SSSR count). The van der Waals surface area contributed by atoms with Crippen molar-refractivity contribution in [2.75, 3.05) is 52.5 Å². The van der Waals surface area contributed by atoms with Crippen LogP contribution in [-0.2, 0) is 44.7 Å². The van der Waals surface area contributed by atoms with Gasteiger partial charge < -0.3 is 39.9 Å². The Bertz CT molecular complexity index is 2130. The van der Waals surface area contributed by atoms with Crippen LogP contribution in [0.4, 0.5) is 4.79 Å². The van der Waals surface area contributed by atoms with Crippen molar-refractivity contribution in [3.63, 3.8) is 0 Å². The van der Waals surface area contributed by atoms with E-state index in [2.05, 4.69) is 44.4 Å². The number of amides is 4. The molecule has 2 saturated heterocycles. The highest BCUT2D eigenvalue weighted by Gasteiger charge is 2.49. The third-order valence-corrected chi connectivity index (χ3v) is 16.9. The molecule has 0 unspecified atom stereocenters. The number of imidazole rings is 2. The number of rotatable bonds is 22. The zero-order valence-corrected chi connectivity index (χ0v) is 45.1. The van der Waals surface area contributed by atoms with Crippen molar-refractivity contribution in [1.29, 1.82) is 0 Å². The number of hydrogen-bond acceptors (Lipinski definition) is 8. The Kier molecular flexibility index (Phi) is 20.4. The molecule has 2 aliphatic carbocycles. The minimum absolute atomic E-state index is 0.149. The van der Waals surface area contributed by atoms with Crippen LogP contribution in [0.25, 0.3) is 0 Å². The predicted molar refractivity (Wildman–Crippen MR) is 293 cm³/mol. The lowest BCUT2D eigenvalue weighted by Crippen LogP contribution is -2.69. The van der Waals surface area contributed by atoms with Gasteiger partial charge in [-0.15, -0.1) is 0 Å².